The number of aromatic nitrogens is 4. The first kappa shape index (κ1) is 26.3. The molecule has 11 heteroatoms. The summed E-state index contributed by atoms with van der Waals surface area (Å²) in [5, 5.41) is 31.2. The molecule has 39 heavy (non-hydrogen) atoms. The Kier molecular flexibility index (Phi) is 7.04. The monoisotopic (exact) mass is 531 g/mol. The van der Waals surface area contributed by atoms with Crippen LogP contribution < -0.4 is 15.4 Å². The zero-order valence-electron chi connectivity index (χ0n) is 22.0. The molecule has 3 heterocycles. The minimum atomic E-state index is -0.895. The molecule has 3 aromatic heterocycles. The van der Waals surface area contributed by atoms with Gasteiger partial charge in [-0.15, -0.1) is 0 Å². The lowest BCUT2D eigenvalue weighted by atomic mass is 9.88. The normalized spacial score (nSPS) is 15.7. The van der Waals surface area contributed by atoms with Crippen LogP contribution >= 0.6 is 0 Å². The molecular weight excluding hydrogens is 501 g/mol. The van der Waals surface area contributed by atoms with Crippen LogP contribution in [0.5, 0.6) is 0 Å². The van der Waals surface area contributed by atoms with Crippen molar-refractivity contribution in [3.05, 3.63) is 64.8 Å². The Morgan fingerprint density at radius 1 is 1.18 bits per heavy atom. The molecule has 2 saturated carbocycles. The minimum Gasteiger partial charge on any atom is -0.618 e. The van der Waals surface area contributed by atoms with E-state index in [4.69, 9.17) is 0 Å². The van der Waals surface area contributed by atoms with Gasteiger partial charge in [0.1, 0.15) is 29.2 Å². The lowest BCUT2D eigenvalue weighted by Gasteiger charge is -2.27. The largest absolute Gasteiger partial charge is 0.618 e. The van der Waals surface area contributed by atoms with Crippen molar-refractivity contribution in [2.24, 2.45) is 17.8 Å². The summed E-state index contributed by atoms with van der Waals surface area (Å²) in [6.07, 6.45) is 6.71. The highest BCUT2D eigenvalue weighted by atomic mass is 19.1. The molecule has 2 fully saturated rings. The number of carbonyl (C=O) groups excluding carboxylic acids is 2. The van der Waals surface area contributed by atoms with Gasteiger partial charge in [0, 0.05) is 24.7 Å². The molecular formula is C28H30FN7O3. The van der Waals surface area contributed by atoms with E-state index >= 15 is 4.39 Å². The van der Waals surface area contributed by atoms with Gasteiger partial charge in [0.25, 0.3) is 5.91 Å². The van der Waals surface area contributed by atoms with Crippen molar-refractivity contribution in [3.8, 4) is 17.2 Å². The van der Waals surface area contributed by atoms with E-state index in [2.05, 4.69) is 20.7 Å². The van der Waals surface area contributed by atoms with E-state index in [-0.39, 0.29) is 46.1 Å². The number of halogens is 1. The molecule has 1 atom stereocenters. The molecule has 10 nitrogen and oxygen atoms in total. The highest BCUT2D eigenvalue weighted by Crippen LogP contribution is 2.51. The average molecular weight is 532 g/mol. The van der Waals surface area contributed by atoms with Gasteiger partial charge < -0.3 is 15.8 Å². The second-order valence-corrected chi connectivity index (χ2v) is 10.6. The van der Waals surface area contributed by atoms with Crippen molar-refractivity contribution in [1.29, 1.82) is 5.26 Å². The van der Waals surface area contributed by atoms with E-state index in [0.717, 1.165) is 31.9 Å². The zero-order valence-corrected chi connectivity index (χ0v) is 22.0. The van der Waals surface area contributed by atoms with Crippen molar-refractivity contribution < 1.29 is 18.7 Å². The average Bonchev–Trinajstić information content (AvgIpc) is 3.84. The molecule has 2 amide bonds. The number of pyridine rings is 2. The summed E-state index contributed by atoms with van der Waals surface area (Å²) in [7, 11) is 0. The number of amides is 2. The van der Waals surface area contributed by atoms with Gasteiger partial charge in [0.2, 0.25) is 11.9 Å². The Morgan fingerprint density at radius 3 is 2.46 bits per heavy atom. The molecule has 2 aliphatic rings. The maximum absolute atomic E-state index is 15.1. The number of carbonyl (C=O) groups is 2. The topological polar surface area (TPSA) is 140 Å². The van der Waals surface area contributed by atoms with Gasteiger partial charge in [0.05, 0.1) is 5.56 Å². The number of anilines is 1. The van der Waals surface area contributed by atoms with Gasteiger partial charge in [-0.05, 0) is 81.5 Å². The summed E-state index contributed by atoms with van der Waals surface area (Å²) < 4.78 is 17.3. The number of nitrogens with one attached hydrogen (secondary N) is 2. The van der Waals surface area contributed by atoms with Crippen LogP contribution in [0.15, 0.2) is 36.7 Å². The standard InChI is InChI=1S/C28H30FN7O3/c1-15(2)36-22(10-11-31-36)27(37)34-25(24(18-4-5-18)19-6-7-19)28(38)33-23-9-8-20(26(29)32-23)21-12-17(13-30)14-35(39)16(21)3/h8-12,14-15,18-19,24-25H,4-7H2,1-3H3,(H,34,37)(H,32,33,38)/t25-/m0/s1. The van der Waals surface area contributed by atoms with Crippen LogP contribution in [0.25, 0.3) is 11.1 Å². The molecule has 0 spiro atoms. The van der Waals surface area contributed by atoms with Gasteiger partial charge >= 0.3 is 0 Å². The van der Waals surface area contributed by atoms with Gasteiger partial charge in [0.15, 0.2) is 11.9 Å². The summed E-state index contributed by atoms with van der Waals surface area (Å²) in [4.78, 5) is 30.8. The molecule has 5 rings (SSSR count). The number of hydrogen-bond acceptors (Lipinski definition) is 6. The van der Waals surface area contributed by atoms with Gasteiger partial charge in [-0.3, -0.25) is 14.3 Å². The smallest absolute Gasteiger partial charge is 0.270 e. The first-order valence-corrected chi connectivity index (χ1v) is 13.1. The quantitative estimate of drug-likeness (QED) is 0.245. The summed E-state index contributed by atoms with van der Waals surface area (Å²) in [6, 6.07) is 6.94. The Hall–Kier alpha value is -4.33. The lowest BCUT2D eigenvalue weighted by molar-refractivity contribution is -0.611. The Morgan fingerprint density at radius 2 is 1.87 bits per heavy atom. The Balaban J connectivity index is 1.40. The maximum atomic E-state index is 15.1. The third-order valence-corrected chi connectivity index (χ3v) is 7.47. The Labute approximate surface area is 225 Å². The predicted molar refractivity (Wildman–Crippen MR) is 139 cm³/mol. The molecule has 2 aliphatic carbocycles. The summed E-state index contributed by atoms with van der Waals surface area (Å²) >= 11 is 0. The maximum Gasteiger partial charge on any atom is 0.270 e. The van der Waals surface area contributed by atoms with E-state index in [9.17, 15) is 20.1 Å². The fourth-order valence-corrected chi connectivity index (χ4v) is 5.23. The van der Waals surface area contributed by atoms with Crippen molar-refractivity contribution >= 4 is 17.6 Å². The van der Waals surface area contributed by atoms with E-state index in [1.807, 2.05) is 19.9 Å². The molecule has 0 saturated heterocycles. The van der Waals surface area contributed by atoms with E-state index < -0.39 is 17.9 Å². The number of nitrogens with zero attached hydrogens (tertiary/aromatic N) is 5. The zero-order chi connectivity index (χ0) is 27.8. The van der Waals surface area contributed by atoms with Gasteiger partial charge in [-0.2, -0.15) is 19.5 Å². The highest BCUT2D eigenvalue weighted by Gasteiger charge is 2.48. The fourth-order valence-electron chi connectivity index (χ4n) is 5.23. The van der Waals surface area contributed by atoms with Crippen LogP contribution in [0, 0.1) is 47.2 Å². The molecule has 2 N–H and O–H groups in total. The summed E-state index contributed by atoms with van der Waals surface area (Å²) in [5.74, 6) is -1.06. The van der Waals surface area contributed by atoms with Gasteiger partial charge in [-0.1, -0.05) is 0 Å². The fraction of sp³-hybridized carbons (Fsp3) is 0.429. The molecule has 0 aliphatic heterocycles. The Bertz CT molecular complexity index is 1460. The van der Waals surface area contributed by atoms with Crippen molar-refractivity contribution in [1.82, 2.24) is 20.1 Å². The number of hydrogen-bond donors (Lipinski definition) is 2. The van der Waals surface area contributed by atoms with Crippen LogP contribution in [-0.4, -0.2) is 32.6 Å². The van der Waals surface area contributed by atoms with Crippen LogP contribution in [0.4, 0.5) is 10.2 Å². The van der Waals surface area contributed by atoms with Gasteiger partial charge in [-0.25, -0.2) is 4.98 Å². The molecule has 0 aromatic carbocycles. The summed E-state index contributed by atoms with van der Waals surface area (Å²) in [5.41, 5.74) is 0.944. The van der Waals surface area contributed by atoms with E-state index in [1.165, 1.54) is 25.1 Å². The molecule has 0 unspecified atom stereocenters. The number of nitriles is 1. The van der Waals surface area contributed by atoms with Crippen LogP contribution in [-0.2, 0) is 4.79 Å². The van der Waals surface area contributed by atoms with Crippen LogP contribution in [0.1, 0.15) is 67.3 Å². The summed E-state index contributed by atoms with van der Waals surface area (Å²) in [6.45, 7) is 5.36. The van der Waals surface area contributed by atoms with E-state index in [1.54, 1.807) is 16.9 Å². The van der Waals surface area contributed by atoms with Crippen LogP contribution in [0.2, 0.25) is 0 Å². The molecule has 202 valence electrons. The molecule has 0 radical (unpaired) electrons. The minimum absolute atomic E-state index is 0.0119. The predicted octanol–water partition coefficient (Wildman–Crippen LogP) is 3.65. The third-order valence-electron chi connectivity index (χ3n) is 7.47. The van der Waals surface area contributed by atoms with Crippen LogP contribution in [0.3, 0.4) is 0 Å². The van der Waals surface area contributed by atoms with Crippen molar-refractivity contribution in [2.45, 2.75) is 58.5 Å². The van der Waals surface area contributed by atoms with E-state index in [0.29, 0.717) is 22.3 Å². The second-order valence-electron chi connectivity index (χ2n) is 10.6. The van der Waals surface area contributed by atoms with Crippen molar-refractivity contribution in [3.63, 3.8) is 0 Å². The molecule has 3 aromatic rings. The first-order valence-electron chi connectivity index (χ1n) is 13.1. The lowest BCUT2D eigenvalue weighted by Crippen LogP contribution is -2.50. The number of rotatable bonds is 9. The first-order chi connectivity index (χ1) is 18.7. The molecule has 0 bridgehead atoms. The van der Waals surface area contributed by atoms with Crippen molar-refractivity contribution in [2.75, 3.05) is 5.32 Å². The SMILES string of the molecule is Cc1c(-c2ccc(NC(=O)[C@@H](NC(=O)c3ccnn3C(C)C)C(C3CC3)C3CC3)nc2F)cc(C#N)c[n+]1[O-]. The highest BCUT2D eigenvalue weighted by molar-refractivity contribution is 6.00. The third kappa shape index (κ3) is 5.46. The second kappa shape index (κ2) is 10.4.